The van der Waals surface area contributed by atoms with E-state index in [0.29, 0.717) is 17.4 Å². The Kier molecular flexibility index (Phi) is 4.32. The monoisotopic (exact) mass is 285 g/mol. The summed E-state index contributed by atoms with van der Waals surface area (Å²) >= 11 is 0. The Balaban J connectivity index is 2.17. The lowest BCUT2D eigenvalue weighted by Crippen LogP contribution is -2.26. The lowest BCUT2D eigenvalue weighted by Gasteiger charge is -2.05. The first-order chi connectivity index (χ1) is 8.97. The molecule has 0 radical (unpaired) electrons. The fraction of sp³-hybridized carbons (Fsp3) is 0.692. The van der Waals surface area contributed by atoms with Crippen molar-refractivity contribution in [1.82, 2.24) is 14.6 Å². The molecule has 2 N–H and O–H groups in total. The van der Waals surface area contributed by atoms with Crippen molar-refractivity contribution in [3.63, 3.8) is 0 Å². The highest BCUT2D eigenvalue weighted by Crippen LogP contribution is 2.30. The zero-order valence-electron chi connectivity index (χ0n) is 11.8. The van der Waals surface area contributed by atoms with Gasteiger partial charge in [0, 0.05) is 31.0 Å². The fourth-order valence-corrected chi connectivity index (χ4v) is 3.54. The zero-order chi connectivity index (χ0) is 14.0. The maximum atomic E-state index is 12.2. The van der Waals surface area contributed by atoms with E-state index < -0.39 is 10.0 Å². The van der Waals surface area contributed by atoms with Crippen molar-refractivity contribution in [3.05, 3.63) is 18.0 Å². The molecule has 1 aliphatic rings. The number of aryl methyl sites for hydroxylation is 1. The van der Waals surface area contributed by atoms with Crippen molar-refractivity contribution in [1.29, 1.82) is 0 Å². The highest BCUT2D eigenvalue weighted by molar-refractivity contribution is 7.89. The van der Waals surface area contributed by atoms with E-state index >= 15 is 0 Å². The Morgan fingerprint density at radius 3 is 2.63 bits per heavy atom. The molecule has 0 bridgehead atoms. The molecule has 0 amide bonds. The van der Waals surface area contributed by atoms with Crippen LogP contribution in [0.3, 0.4) is 0 Å². The lowest BCUT2D eigenvalue weighted by molar-refractivity contribution is 0.578. The smallest absolute Gasteiger partial charge is 0.242 e. The van der Waals surface area contributed by atoms with E-state index in [1.807, 2.05) is 18.4 Å². The van der Waals surface area contributed by atoms with Crippen LogP contribution in [0.4, 0.5) is 0 Å². The molecule has 2 atom stereocenters. The van der Waals surface area contributed by atoms with Gasteiger partial charge in [0.25, 0.3) is 0 Å². The molecule has 0 spiro atoms. The Bertz CT molecular complexity index is 536. The number of rotatable bonds is 7. The van der Waals surface area contributed by atoms with E-state index in [1.54, 1.807) is 12.3 Å². The number of nitrogens with zero attached hydrogens (tertiary/aromatic N) is 1. The molecule has 2 rings (SSSR count). The van der Waals surface area contributed by atoms with Crippen molar-refractivity contribution >= 4 is 10.0 Å². The molecule has 1 heterocycles. The van der Waals surface area contributed by atoms with Gasteiger partial charge < -0.3 is 9.88 Å². The molecule has 0 saturated heterocycles. The second kappa shape index (κ2) is 5.64. The molecular formula is C13H23N3O2S. The van der Waals surface area contributed by atoms with Crippen LogP contribution in [0.2, 0.25) is 0 Å². The summed E-state index contributed by atoms with van der Waals surface area (Å²) < 4.78 is 29.2. The Hall–Kier alpha value is -0.850. The van der Waals surface area contributed by atoms with Crippen molar-refractivity contribution < 1.29 is 8.42 Å². The van der Waals surface area contributed by atoms with Gasteiger partial charge in [0.05, 0.1) is 4.90 Å². The van der Waals surface area contributed by atoms with Gasteiger partial charge in [-0.2, -0.15) is 0 Å². The lowest BCUT2D eigenvalue weighted by atomic mass is 10.4. The summed E-state index contributed by atoms with van der Waals surface area (Å²) in [5, 5.41) is 3.23. The van der Waals surface area contributed by atoms with Crippen LogP contribution < -0.4 is 10.0 Å². The first-order valence-corrected chi connectivity index (χ1v) is 8.38. The number of hydrogen-bond acceptors (Lipinski definition) is 3. The van der Waals surface area contributed by atoms with Gasteiger partial charge in [0.15, 0.2) is 0 Å². The minimum Gasteiger partial charge on any atom is -0.349 e. The van der Waals surface area contributed by atoms with Crippen LogP contribution in [0.1, 0.15) is 32.9 Å². The normalized spacial score (nSPS) is 22.7. The molecule has 108 valence electrons. The van der Waals surface area contributed by atoms with Gasteiger partial charge in [-0.05, 0) is 31.9 Å². The van der Waals surface area contributed by atoms with Crippen molar-refractivity contribution in [2.45, 2.75) is 51.2 Å². The zero-order valence-corrected chi connectivity index (χ0v) is 12.6. The van der Waals surface area contributed by atoms with Crippen molar-refractivity contribution in [2.24, 2.45) is 5.92 Å². The summed E-state index contributed by atoms with van der Waals surface area (Å²) in [6, 6.07) is 1.88. The van der Waals surface area contributed by atoms with E-state index in [9.17, 15) is 8.42 Å². The first-order valence-electron chi connectivity index (χ1n) is 6.90. The molecule has 0 aromatic carbocycles. The van der Waals surface area contributed by atoms with E-state index in [4.69, 9.17) is 0 Å². The summed E-state index contributed by atoms with van der Waals surface area (Å²) in [6.07, 6.45) is 2.67. The average molecular weight is 285 g/mol. The van der Waals surface area contributed by atoms with Crippen molar-refractivity contribution in [2.75, 3.05) is 6.54 Å². The van der Waals surface area contributed by atoms with Crippen LogP contribution >= 0.6 is 0 Å². The van der Waals surface area contributed by atoms with Gasteiger partial charge in [-0.3, -0.25) is 0 Å². The molecule has 1 aliphatic carbocycles. The third-order valence-corrected chi connectivity index (χ3v) is 5.04. The summed E-state index contributed by atoms with van der Waals surface area (Å²) in [5.74, 6) is 0.462. The van der Waals surface area contributed by atoms with Crippen LogP contribution in [0.15, 0.2) is 17.2 Å². The molecule has 1 saturated carbocycles. The molecule has 1 aromatic heterocycles. The SMILES string of the molecule is CCNCc1cc(S(=O)(=O)NC2CC2C)cn1CC. The van der Waals surface area contributed by atoms with Crippen LogP contribution in [0, 0.1) is 5.92 Å². The molecule has 19 heavy (non-hydrogen) atoms. The van der Waals surface area contributed by atoms with E-state index in [1.165, 1.54) is 0 Å². The largest absolute Gasteiger partial charge is 0.349 e. The second-order valence-electron chi connectivity index (χ2n) is 5.17. The highest BCUT2D eigenvalue weighted by atomic mass is 32.2. The van der Waals surface area contributed by atoms with E-state index in [-0.39, 0.29) is 6.04 Å². The molecule has 2 unspecified atom stereocenters. The van der Waals surface area contributed by atoms with Gasteiger partial charge in [-0.25, -0.2) is 13.1 Å². The fourth-order valence-electron chi connectivity index (χ4n) is 2.12. The first kappa shape index (κ1) is 14.6. The number of hydrogen-bond donors (Lipinski definition) is 2. The molecule has 5 nitrogen and oxygen atoms in total. The van der Waals surface area contributed by atoms with E-state index in [0.717, 1.165) is 25.2 Å². The third-order valence-electron chi connectivity index (χ3n) is 3.58. The summed E-state index contributed by atoms with van der Waals surface area (Å²) in [4.78, 5) is 0.376. The Morgan fingerprint density at radius 2 is 2.11 bits per heavy atom. The molecule has 1 fully saturated rings. The number of aromatic nitrogens is 1. The van der Waals surface area contributed by atoms with Gasteiger partial charge in [-0.15, -0.1) is 0 Å². The maximum absolute atomic E-state index is 12.2. The van der Waals surface area contributed by atoms with Crippen LogP contribution in [-0.4, -0.2) is 25.6 Å². The van der Waals surface area contributed by atoms with Gasteiger partial charge in [0.1, 0.15) is 0 Å². The molecular weight excluding hydrogens is 262 g/mol. The summed E-state index contributed by atoms with van der Waals surface area (Å²) in [7, 11) is -3.37. The van der Waals surface area contributed by atoms with Gasteiger partial charge in [-0.1, -0.05) is 13.8 Å². The third kappa shape index (κ3) is 3.38. The Morgan fingerprint density at radius 1 is 1.42 bits per heavy atom. The minimum atomic E-state index is -3.37. The number of nitrogens with one attached hydrogen (secondary N) is 2. The Labute approximate surface area is 115 Å². The van der Waals surface area contributed by atoms with Gasteiger partial charge >= 0.3 is 0 Å². The van der Waals surface area contributed by atoms with Crippen LogP contribution in [0.5, 0.6) is 0 Å². The minimum absolute atomic E-state index is 0.118. The predicted molar refractivity (Wildman–Crippen MR) is 75.4 cm³/mol. The second-order valence-corrected chi connectivity index (χ2v) is 6.89. The maximum Gasteiger partial charge on any atom is 0.242 e. The average Bonchev–Trinajstić information content (AvgIpc) is 2.90. The number of sulfonamides is 1. The standard InChI is InChI=1S/C13H23N3O2S/c1-4-14-8-11-7-12(9-16(11)5-2)19(17,18)15-13-6-10(13)3/h7,9-10,13-15H,4-6,8H2,1-3H3. The van der Waals surface area contributed by atoms with Gasteiger partial charge in [0.2, 0.25) is 10.0 Å². The molecule has 1 aromatic rings. The summed E-state index contributed by atoms with van der Waals surface area (Å²) in [6.45, 7) is 8.45. The van der Waals surface area contributed by atoms with Crippen LogP contribution in [0.25, 0.3) is 0 Å². The summed E-state index contributed by atoms with van der Waals surface area (Å²) in [5.41, 5.74) is 1.01. The molecule has 0 aliphatic heterocycles. The van der Waals surface area contributed by atoms with Crippen molar-refractivity contribution in [3.8, 4) is 0 Å². The topological polar surface area (TPSA) is 63.1 Å². The quantitative estimate of drug-likeness (QED) is 0.794. The predicted octanol–water partition coefficient (Wildman–Crippen LogP) is 1.30. The highest BCUT2D eigenvalue weighted by Gasteiger charge is 2.36. The molecule has 6 heteroatoms. The van der Waals surface area contributed by atoms with E-state index in [2.05, 4.69) is 17.0 Å². The van der Waals surface area contributed by atoms with Crippen LogP contribution in [-0.2, 0) is 23.1 Å².